The van der Waals surface area contributed by atoms with Crippen LogP contribution in [0.15, 0.2) is 18.2 Å². The van der Waals surface area contributed by atoms with E-state index in [2.05, 4.69) is 0 Å². The van der Waals surface area contributed by atoms with Crippen LogP contribution >= 0.6 is 0 Å². The Kier molecular flexibility index (Phi) is 3.55. The second-order valence-corrected chi connectivity index (χ2v) is 3.83. The fourth-order valence-corrected chi connectivity index (χ4v) is 1.53. The Balaban J connectivity index is 3.25. The first-order valence-electron chi connectivity index (χ1n) is 4.77. The molecule has 0 amide bonds. The first-order valence-corrected chi connectivity index (χ1v) is 4.77. The van der Waals surface area contributed by atoms with Crippen molar-refractivity contribution in [2.45, 2.75) is 20.3 Å². The number of rotatable bonds is 4. The number of nitro groups is 1. The van der Waals surface area contributed by atoms with Crippen molar-refractivity contribution < 1.29 is 9.72 Å². The maximum atomic E-state index is 10.8. The topological polar surface area (TPSA) is 60.2 Å². The minimum atomic E-state index is -0.485. The normalized spacial score (nSPS) is 10.3. The van der Waals surface area contributed by atoms with E-state index < -0.39 is 4.92 Å². The summed E-state index contributed by atoms with van der Waals surface area (Å²) in [5.41, 5.74) is 0.721. The summed E-state index contributed by atoms with van der Waals surface area (Å²) in [5, 5.41) is 10.8. The lowest BCUT2D eigenvalue weighted by Crippen LogP contribution is -2.02. The second kappa shape index (κ2) is 4.68. The number of aldehydes is 1. The van der Waals surface area contributed by atoms with E-state index in [1.807, 2.05) is 13.8 Å². The van der Waals surface area contributed by atoms with Gasteiger partial charge in [-0.1, -0.05) is 26.0 Å². The van der Waals surface area contributed by atoms with E-state index in [4.69, 9.17) is 0 Å². The number of para-hydroxylation sites is 1. The summed E-state index contributed by atoms with van der Waals surface area (Å²) in [5.74, 6) is 0.325. The summed E-state index contributed by atoms with van der Waals surface area (Å²) >= 11 is 0. The Bertz CT molecular complexity index is 385. The minimum Gasteiger partial charge on any atom is -0.298 e. The molecule has 0 heterocycles. The summed E-state index contributed by atoms with van der Waals surface area (Å²) in [6.07, 6.45) is 1.14. The Morgan fingerprint density at radius 1 is 1.47 bits per heavy atom. The molecular weight excluding hydrogens is 194 g/mol. The molecule has 1 rings (SSSR count). The van der Waals surface area contributed by atoms with Gasteiger partial charge in [0, 0.05) is 5.56 Å². The highest BCUT2D eigenvalue weighted by atomic mass is 16.6. The van der Waals surface area contributed by atoms with Gasteiger partial charge in [0.2, 0.25) is 0 Å². The smallest absolute Gasteiger partial charge is 0.283 e. The van der Waals surface area contributed by atoms with Crippen LogP contribution in [0.5, 0.6) is 0 Å². The molecule has 0 radical (unpaired) electrons. The molecular formula is C11H13NO3. The van der Waals surface area contributed by atoms with Gasteiger partial charge in [0.1, 0.15) is 0 Å². The molecule has 0 saturated heterocycles. The van der Waals surface area contributed by atoms with Gasteiger partial charge < -0.3 is 0 Å². The molecule has 0 fully saturated rings. The third-order valence-corrected chi connectivity index (χ3v) is 2.09. The summed E-state index contributed by atoms with van der Waals surface area (Å²) in [7, 11) is 0. The molecule has 0 bridgehead atoms. The number of nitro benzene ring substituents is 1. The summed E-state index contributed by atoms with van der Waals surface area (Å²) < 4.78 is 0. The van der Waals surface area contributed by atoms with Crippen molar-refractivity contribution in [2.75, 3.05) is 0 Å². The summed E-state index contributed by atoms with van der Waals surface area (Å²) in [6.45, 7) is 3.97. The van der Waals surface area contributed by atoms with Gasteiger partial charge in [0.15, 0.2) is 6.29 Å². The molecule has 0 saturated carbocycles. The summed E-state index contributed by atoms with van der Waals surface area (Å²) in [4.78, 5) is 21.0. The van der Waals surface area contributed by atoms with Crippen LogP contribution in [0.2, 0.25) is 0 Å². The maximum absolute atomic E-state index is 10.8. The van der Waals surface area contributed by atoms with Crippen molar-refractivity contribution in [3.8, 4) is 0 Å². The van der Waals surface area contributed by atoms with E-state index in [0.717, 1.165) is 0 Å². The third-order valence-electron chi connectivity index (χ3n) is 2.09. The van der Waals surface area contributed by atoms with Crippen molar-refractivity contribution in [1.29, 1.82) is 0 Å². The highest BCUT2D eigenvalue weighted by Crippen LogP contribution is 2.24. The largest absolute Gasteiger partial charge is 0.298 e. The molecule has 80 valence electrons. The fraction of sp³-hybridized carbons (Fsp3) is 0.364. The third kappa shape index (κ3) is 2.62. The fourth-order valence-electron chi connectivity index (χ4n) is 1.53. The molecule has 4 nitrogen and oxygen atoms in total. The van der Waals surface area contributed by atoms with Gasteiger partial charge in [-0.15, -0.1) is 0 Å². The zero-order chi connectivity index (χ0) is 11.4. The molecule has 0 aliphatic carbocycles. The summed E-state index contributed by atoms with van der Waals surface area (Å²) in [6, 6.07) is 4.84. The molecule has 0 aliphatic heterocycles. The van der Waals surface area contributed by atoms with Crippen LogP contribution < -0.4 is 0 Å². The van der Waals surface area contributed by atoms with Crippen molar-refractivity contribution >= 4 is 12.0 Å². The van der Waals surface area contributed by atoms with Gasteiger partial charge in [0.25, 0.3) is 5.69 Å². The first kappa shape index (κ1) is 11.4. The van der Waals surface area contributed by atoms with Gasteiger partial charge in [-0.05, 0) is 18.4 Å². The van der Waals surface area contributed by atoms with Crippen LogP contribution in [0.25, 0.3) is 0 Å². The molecule has 4 heteroatoms. The van der Waals surface area contributed by atoms with Crippen LogP contribution in [-0.4, -0.2) is 11.2 Å². The molecule has 0 atom stereocenters. The monoisotopic (exact) mass is 207 g/mol. The van der Waals surface area contributed by atoms with Crippen LogP contribution in [0, 0.1) is 16.0 Å². The van der Waals surface area contributed by atoms with E-state index in [-0.39, 0.29) is 11.3 Å². The van der Waals surface area contributed by atoms with Crippen LogP contribution in [0.4, 0.5) is 5.69 Å². The predicted molar refractivity (Wildman–Crippen MR) is 57.0 cm³/mol. The maximum Gasteiger partial charge on any atom is 0.283 e. The molecule has 1 aromatic carbocycles. The number of carbonyl (C=O) groups is 1. The Labute approximate surface area is 88.1 Å². The average Bonchev–Trinajstić information content (AvgIpc) is 2.15. The van der Waals surface area contributed by atoms with Gasteiger partial charge in [-0.2, -0.15) is 0 Å². The van der Waals surface area contributed by atoms with Gasteiger partial charge in [-0.3, -0.25) is 14.9 Å². The van der Waals surface area contributed by atoms with Gasteiger partial charge in [0.05, 0.1) is 10.5 Å². The Hall–Kier alpha value is -1.71. The first-order chi connectivity index (χ1) is 7.06. The van der Waals surface area contributed by atoms with Crippen molar-refractivity contribution in [3.63, 3.8) is 0 Å². The van der Waals surface area contributed by atoms with Crippen LogP contribution in [0.3, 0.4) is 0 Å². The molecule has 0 spiro atoms. The Morgan fingerprint density at radius 2 is 2.13 bits per heavy atom. The lowest BCUT2D eigenvalue weighted by molar-refractivity contribution is -0.385. The molecule has 0 N–H and O–H groups in total. The van der Waals surface area contributed by atoms with Crippen LogP contribution in [0.1, 0.15) is 29.8 Å². The standard InChI is InChI=1S/C11H13NO3/c1-8(2)6-9-4-3-5-10(7-13)11(9)12(14)15/h3-5,7-8H,6H2,1-2H3. The number of nitrogens with zero attached hydrogens (tertiary/aromatic N) is 1. The second-order valence-electron chi connectivity index (χ2n) is 3.83. The Morgan fingerprint density at radius 3 is 2.60 bits per heavy atom. The van der Waals surface area contributed by atoms with E-state index in [1.54, 1.807) is 12.1 Å². The van der Waals surface area contributed by atoms with E-state index in [9.17, 15) is 14.9 Å². The highest BCUT2D eigenvalue weighted by Gasteiger charge is 2.19. The molecule has 0 aliphatic rings. The SMILES string of the molecule is CC(C)Cc1cccc(C=O)c1[N+](=O)[O-]. The van der Waals surface area contributed by atoms with Crippen molar-refractivity contribution in [2.24, 2.45) is 5.92 Å². The number of hydrogen-bond acceptors (Lipinski definition) is 3. The average molecular weight is 207 g/mol. The van der Waals surface area contributed by atoms with Gasteiger partial charge >= 0.3 is 0 Å². The minimum absolute atomic E-state index is 0.0544. The zero-order valence-electron chi connectivity index (χ0n) is 8.77. The quantitative estimate of drug-likeness (QED) is 0.433. The number of hydrogen-bond donors (Lipinski definition) is 0. The van der Waals surface area contributed by atoms with Crippen molar-refractivity contribution in [3.05, 3.63) is 39.4 Å². The van der Waals surface area contributed by atoms with Crippen molar-refractivity contribution in [1.82, 2.24) is 0 Å². The molecule has 0 aromatic heterocycles. The van der Waals surface area contributed by atoms with Gasteiger partial charge in [-0.25, -0.2) is 0 Å². The highest BCUT2D eigenvalue weighted by molar-refractivity contribution is 5.82. The number of benzene rings is 1. The zero-order valence-corrected chi connectivity index (χ0v) is 8.77. The van der Waals surface area contributed by atoms with E-state index in [1.165, 1.54) is 6.07 Å². The lowest BCUT2D eigenvalue weighted by Gasteiger charge is -2.06. The van der Waals surface area contributed by atoms with E-state index >= 15 is 0 Å². The predicted octanol–water partition coefficient (Wildman–Crippen LogP) is 2.61. The molecule has 0 unspecified atom stereocenters. The lowest BCUT2D eigenvalue weighted by atomic mass is 9.99. The number of carbonyl (C=O) groups excluding carboxylic acids is 1. The molecule has 15 heavy (non-hydrogen) atoms. The van der Waals surface area contributed by atoms with Crippen LogP contribution in [-0.2, 0) is 6.42 Å². The van der Waals surface area contributed by atoms with E-state index in [0.29, 0.717) is 24.2 Å². The molecule has 1 aromatic rings.